The van der Waals surface area contributed by atoms with Gasteiger partial charge in [0, 0.05) is 44.6 Å². The Kier molecular flexibility index (Phi) is 4.80. The number of furan rings is 1. The summed E-state index contributed by atoms with van der Waals surface area (Å²) in [6.45, 7) is 5.99. The summed E-state index contributed by atoms with van der Waals surface area (Å²) in [7, 11) is 0. The van der Waals surface area contributed by atoms with Crippen LogP contribution in [0.4, 0.5) is 0 Å². The van der Waals surface area contributed by atoms with Gasteiger partial charge in [-0.1, -0.05) is 6.42 Å². The maximum absolute atomic E-state index is 13.6. The number of carbonyl (C=O) groups excluding carboxylic acids is 2. The Hall–Kier alpha value is -1.78. The molecule has 142 valence electrons. The number of hydrogen-bond donors (Lipinski definition) is 0. The molecule has 2 fully saturated rings. The van der Waals surface area contributed by atoms with Crippen LogP contribution in [0.25, 0.3) is 0 Å². The monoisotopic (exact) mass is 358 g/mol. The summed E-state index contributed by atoms with van der Waals surface area (Å²) < 4.78 is 5.96. The van der Waals surface area contributed by atoms with Crippen molar-refractivity contribution in [2.24, 2.45) is 5.92 Å². The predicted octanol–water partition coefficient (Wildman–Crippen LogP) is 3.33. The van der Waals surface area contributed by atoms with Crippen molar-refractivity contribution in [2.45, 2.75) is 71.3 Å². The van der Waals surface area contributed by atoms with Gasteiger partial charge in [0.15, 0.2) is 0 Å². The number of hydrogen-bond acceptors (Lipinski definition) is 3. The molecule has 2 aliphatic heterocycles. The molecule has 3 aliphatic rings. The first-order valence-corrected chi connectivity index (χ1v) is 10.2. The molecule has 26 heavy (non-hydrogen) atoms. The second kappa shape index (κ2) is 7.09. The molecule has 2 saturated heterocycles. The maximum Gasteiger partial charge on any atom is 0.257 e. The average Bonchev–Trinajstić information content (AvgIpc) is 2.82. The Balaban J connectivity index is 1.61. The largest absolute Gasteiger partial charge is 0.465 e. The topological polar surface area (TPSA) is 53.8 Å². The van der Waals surface area contributed by atoms with E-state index in [0.717, 1.165) is 88.1 Å². The van der Waals surface area contributed by atoms with Crippen molar-refractivity contribution < 1.29 is 14.0 Å². The fraction of sp³-hybridized carbons (Fsp3) is 0.714. The van der Waals surface area contributed by atoms with E-state index in [1.54, 1.807) is 6.92 Å². The van der Waals surface area contributed by atoms with Crippen molar-refractivity contribution >= 4 is 11.8 Å². The van der Waals surface area contributed by atoms with Crippen LogP contribution in [-0.4, -0.2) is 47.3 Å². The molecule has 0 N–H and O–H groups in total. The minimum absolute atomic E-state index is 0.158. The number of nitrogens with zero attached hydrogens (tertiary/aromatic N) is 2. The lowest BCUT2D eigenvalue weighted by Gasteiger charge is -2.42. The van der Waals surface area contributed by atoms with Gasteiger partial charge in [-0.15, -0.1) is 0 Å². The molecular weight excluding hydrogens is 328 g/mol. The smallest absolute Gasteiger partial charge is 0.257 e. The SMILES string of the molecule is CC(=O)N1CC[C@@H]2[C@H](CCCCN2C(=O)c2c(C)oc3c2CCCC3)C1. The lowest BCUT2D eigenvalue weighted by molar-refractivity contribution is -0.131. The van der Waals surface area contributed by atoms with Gasteiger partial charge in [-0.25, -0.2) is 0 Å². The van der Waals surface area contributed by atoms with Crippen molar-refractivity contribution in [2.75, 3.05) is 19.6 Å². The summed E-state index contributed by atoms with van der Waals surface area (Å²) in [4.78, 5) is 29.4. The zero-order valence-electron chi connectivity index (χ0n) is 16.1. The highest BCUT2D eigenvalue weighted by atomic mass is 16.3. The second-order valence-electron chi connectivity index (χ2n) is 8.22. The van der Waals surface area contributed by atoms with E-state index >= 15 is 0 Å². The van der Waals surface area contributed by atoms with Crippen LogP contribution in [0.3, 0.4) is 0 Å². The van der Waals surface area contributed by atoms with Crippen molar-refractivity contribution in [1.82, 2.24) is 9.80 Å². The highest BCUT2D eigenvalue weighted by Gasteiger charge is 2.39. The van der Waals surface area contributed by atoms with Gasteiger partial charge in [-0.3, -0.25) is 9.59 Å². The average molecular weight is 358 g/mol. The first kappa shape index (κ1) is 17.6. The third-order valence-electron chi connectivity index (χ3n) is 6.59. The lowest BCUT2D eigenvalue weighted by Crippen LogP contribution is -2.53. The predicted molar refractivity (Wildman–Crippen MR) is 99.1 cm³/mol. The zero-order valence-corrected chi connectivity index (χ0v) is 16.1. The number of aryl methyl sites for hydroxylation is 2. The third-order valence-corrected chi connectivity index (χ3v) is 6.59. The number of rotatable bonds is 1. The van der Waals surface area contributed by atoms with E-state index in [0.29, 0.717) is 5.92 Å². The molecule has 3 heterocycles. The van der Waals surface area contributed by atoms with Gasteiger partial charge < -0.3 is 14.2 Å². The molecule has 1 aromatic heterocycles. The van der Waals surface area contributed by atoms with Crippen LogP contribution in [0.2, 0.25) is 0 Å². The Bertz CT molecular complexity index is 708. The van der Waals surface area contributed by atoms with Crippen LogP contribution in [0, 0.1) is 12.8 Å². The van der Waals surface area contributed by atoms with Gasteiger partial charge in [0.25, 0.3) is 5.91 Å². The molecule has 4 rings (SSSR count). The number of carbonyl (C=O) groups is 2. The molecule has 0 spiro atoms. The molecule has 2 atom stereocenters. The van der Waals surface area contributed by atoms with E-state index in [1.165, 1.54) is 5.56 Å². The fourth-order valence-corrected chi connectivity index (χ4v) is 5.23. The molecule has 0 bridgehead atoms. The third kappa shape index (κ3) is 3.06. The molecule has 1 aromatic rings. The van der Waals surface area contributed by atoms with Crippen molar-refractivity contribution in [1.29, 1.82) is 0 Å². The second-order valence-corrected chi connectivity index (χ2v) is 8.22. The normalized spacial score (nSPS) is 26.1. The molecule has 0 unspecified atom stereocenters. The van der Waals surface area contributed by atoms with Gasteiger partial charge in [0.2, 0.25) is 5.91 Å². The van der Waals surface area contributed by atoms with E-state index in [4.69, 9.17) is 4.42 Å². The molecular formula is C21H30N2O3. The van der Waals surface area contributed by atoms with Gasteiger partial charge in [0.05, 0.1) is 5.56 Å². The van der Waals surface area contributed by atoms with E-state index in [2.05, 4.69) is 4.90 Å². The van der Waals surface area contributed by atoms with Crippen molar-refractivity contribution in [3.63, 3.8) is 0 Å². The summed E-state index contributed by atoms with van der Waals surface area (Å²) in [5.41, 5.74) is 2.01. The minimum atomic E-state index is 0.158. The molecule has 1 aliphatic carbocycles. The molecule has 2 amide bonds. The maximum atomic E-state index is 13.6. The van der Waals surface area contributed by atoms with Crippen LogP contribution in [0.15, 0.2) is 4.42 Å². The highest BCUT2D eigenvalue weighted by Crippen LogP contribution is 2.35. The fourth-order valence-electron chi connectivity index (χ4n) is 5.23. The van der Waals surface area contributed by atoms with Crippen LogP contribution < -0.4 is 0 Å². The Labute approximate surface area is 155 Å². The number of likely N-dealkylation sites (tertiary alicyclic amines) is 2. The molecule has 5 nitrogen and oxygen atoms in total. The number of fused-ring (bicyclic) bond motifs is 2. The van der Waals surface area contributed by atoms with Gasteiger partial charge in [0.1, 0.15) is 11.5 Å². The van der Waals surface area contributed by atoms with E-state index in [-0.39, 0.29) is 17.9 Å². The molecule has 0 saturated carbocycles. The first-order chi connectivity index (χ1) is 12.6. The standard InChI is InChI=1S/C21H30N2O3/c1-14-20(17-8-3-4-9-19(17)26-14)21(25)23-11-6-5-7-16-13-22(15(2)24)12-10-18(16)23/h16,18H,3-13H2,1-2H3/t16-,18-/m1/s1. The van der Waals surface area contributed by atoms with Gasteiger partial charge >= 0.3 is 0 Å². The molecule has 0 aromatic carbocycles. The first-order valence-electron chi connectivity index (χ1n) is 10.2. The van der Waals surface area contributed by atoms with E-state index < -0.39 is 0 Å². The van der Waals surface area contributed by atoms with Crippen LogP contribution >= 0.6 is 0 Å². The highest BCUT2D eigenvalue weighted by molar-refractivity contribution is 5.97. The van der Waals surface area contributed by atoms with Crippen molar-refractivity contribution in [3.05, 3.63) is 22.6 Å². The van der Waals surface area contributed by atoms with E-state index in [1.807, 2.05) is 11.8 Å². The number of amides is 2. The quantitative estimate of drug-likeness (QED) is 0.774. The van der Waals surface area contributed by atoms with Crippen LogP contribution in [0.1, 0.15) is 72.9 Å². The van der Waals surface area contributed by atoms with Gasteiger partial charge in [-0.05, 0) is 51.4 Å². The Morgan fingerprint density at radius 1 is 1.04 bits per heavy atom. The van der Waals surface area contributed by atoms with Crippen LogP contribution in [-0.2, 0) is 17.6 Å². The Morgan fingerprint density at radius 2 is 1.85 bits per heavy atom. The summed E-state index contributed by atoms with van der Waals surface area (Å²) in [5, 5.41) is 0. The van der Waals surface area contributed by atoms with E-state index in [9.17, 15) is 9.59 Å². The Morgan fingerprint density at radius 3 is 2.65 bits per heavy atom. The van der Waals surface area contributed by atoms with Crippen molar-refractivity contribution in [3.8, 4) is 0 Å². The summed E-state index contributed by atoms with van der Waals surface area (Å²) in [6.07, 6.45) is 8.43. The van der Waals surface area contributed by atoms with Crippen LogP contribution in [0.5, 0.6) is 0 Å². The van der Waals surface area contributed by atoms with Gasteiger partial charge in [-0.2, -0.15) is 0 Å². The lowest BCUT2D eigenvalue weighted by atomic mass is 9.87. The molecule has 0 radical (unpaired) electrons. The number of piperidine rings is 1. The minimum Gasteiger partial charge on any atom is -0.465 e. The summed E-state index contributed by atoms with van der Waals surface area (Å²) in [5.74, 6) is 2.56. The summed E-state index contributed by atoms with van der Waals surface area (Å²) in [6, 6.07) is 0.258. The summed E-state index contributed by atoms with van der Waals surface area (Å²) >= 11 is 0. The zero-order chi connectivity index (χ0) is 18.3. The molecule has 5 heteroatoms.